The summed E-state index contributed by atoms with van der Waals surface area (Å²) >= 11 is 0. The number of nitrogens with zero attached hydrogens (tertiary/aromatic N) is 3. The number of hydrogen-bond acceptors (Lipinski definition) is 3. The fourth-order valence-electron chi connectivity index (χ4n) is 4.35. The van der Waals surface area contributed by atoms with E-state index in [1.54, 1.807) is 12.3 Å². The minimum atomic E-state index is 0.0110. The number of carbonyl (C=O) groups is 1. The molecule has 1 saturated heterocycles. The number of amides is 1. The first-order valence-electron chi connectivity index (χ1n) is 10.0. The summed E-state index contributed by atoms with van der Waals surface area (Å²) in [6, 6.07) is 18.0. The molecule has 144 valence electrons. The van der Waals surface area contributed by atoms with Crippen molar-refractivity contribution >= 4 is 16.8 Å². The van der Waals surface area contributed by atoms with E-state index in [4.69, 9.17) is 0 Å². The average Bonchev–Trinajstić information content (AvgIpc) is 3.19. The predicted octanol–water partition coefficient (Wildman–Crippen LogP) is 4.64. The van der Waals surface area contributed by atoms with Gasteiger partial charge in [-0.2, -0.15) is 0 Å². The maximum atomic E-state index is 12.9. The van der Waals surface area contributed by atoms with Gasteiger partial charge in [0.25, 0.3) is 5.91 Å². The van der Waals surface area contributed by atoms with Gasteiger partial charge in [0.15, 0.2) is 0 Å². The topological polar surface area (TPSA) is 61.9 Å². The van der Waals surface area contributed by atoms with Gasteiger partial charge in [-0.3, -0.25) is 14.8 Å². The zero-order chi connectivity index (χ0) is 19.6. The van der Waals surface area contributed by atoms with E-state index < -0.39 is 0 Å². The van der Waals surface area contributed by atoms with Crippen LogP contribution in [0.15, 0.2) is 73.2 Å². The van der Waals surface area contributed by atoms with E-state index in [2.05, 4.69) is 51.4 Å². The van der Waals surface area contributed by atoms with Crippen LogP contribution in [0.1, 0.15) is 34.9 Å². The highest BCUT2D eigenvalue weighted by atomic mass is 16.2. The Morgan fingerprint density at radius 1 is 1.00 bits per heavy atom. The lowest BCUT2D eigenvalue weighted by Gasteiger charge is -2.32. The number of para-hydroxylation sites is 1. The van der Waals surface area contributed by atoms with Gasteiger partial charge in [-0.25, -0.2) is 0 Å². The number of carbonyl (C=O) groups excluding carboxylic acids is 1. The van der Waals surface area contributed by atoms with Crippen molar-refractivity contribution in [1.29, 1.82) is 0 Å². The molecular formula is C24H22N4O. The lowest BCUT2D eigenvalue weighted by atomic mass is 9.89. The van der Waals surface area contributed by atoms with Gasteiger partial charge in [0.1, 0.15) is 5.69 Å². The Labute approximate surface area is 169 Å². The standard InChI is InChI=1S/C24H22N4O/c29-24(21-9-3-4-12-26-21)28-15-5-6-18(16-28)23-22(17-10-13-25-14-11-17)19-7-1-2-8-20(19)27-23/h1-4,7-14,18,27H,5-6,15-16H2. The van der Waals surface area contributed by atoms with Gasteiger partial charge in [-0.1, -0.05) is 24.3 Å². The second kappa shape index (κ2) is 7.51. The van der Waals surface area contributed by atoms with Crippen molar-refractivity contribution in [2.45, 2.75) is 18.8 Å². The second-order valence-corrected chi connectivity index (χ2v) is 7.50. The molecule has 1 aliphatic rings. The molecule has 0 spiro atoms. The van der Waals surface area contributed by atoms with E-state index in [0.717, 1.165) is 30.5 Å². The first kappa shape index (κ1) is 17.6. The highest BCUT2D eigenvalue weighted by Crippen LogP contribution is 2.39. The molecule has 1 unspecified atom stereocenters. The maximum absolute atomic E-state index is 12.9. The van der Waals surface area contributed by atoms with Crippen LogP contribution >= 0.6 is 0 Å². The maximum Gasteiger partial charge on any atom is 0.272 e. The Hall–Kier alpha value is -3.47. The van der Waals surface area contributed by atoms with Crippen LogP contribution in [0.2, 0.25) is 0 Å². The van der Waals surface area contributed by atoms with Crippen LogP contribution in [-0.4, -0.2) is 38.8 Å². The Bertz CT molecular complexity index is 1140. The Morgan fingerprint density at radius 3 is 2.66 bits per heavy atom. The highest BCUT2D eigenvalue weighted by Gasteiger charge is 2.29. The van der Waals surface area contributed by atoms with Gasteiger partial charge in [-0.05, 0) is 48.7 Å². The van der Waals surface area contributed by atoms with E-state index in [-0.39, 0.29) is 11.8 Å². The Morgan fingerprint density at radius 2 is 1.83 bits per heavy atom. The quantitative estimate of drug-likeness (QED) is 0.561. The lowest BCUT2D eigenvalue weighted by Crippen LogP contribution is -2.39. The molecule has 0 aliphatic carbocycles. The van der Waals surface area contributed by atoms with Crippen molar-refractivity contribution in [3.63, 3.8) is 0 Å². The number of aromatic amines is 1. The molecular weight excluding hydrogens is 360 g/mol. The van der Waals surface area contributed by atoms with Crippen molar-refractivity contribution in [2.75, 3.05) is 13.1 Å². The summed E-state index contributed by atoms with van der Waals surface area (Å²) in [7, 11) is 0. The SMILES string of the molecule is O=C(c1ccccn1)N1CCCC(c2[nH]c3ccccc3c2-c2ccncc2)C1. The molecule has 1 amide bonds. The Balaban J connectivity index is 1.53. The number of nitrogens with one attached hydrogen (secondary N) is 1. The molecule has 1 aliphatic heterocycles. The highest BCUT2D eigenvalue weighted by molar-refractivity contribution is 5.98. The van der Waals surface area contributed by atoms with E-state index >= 15 is 0 Å². The van der Waals surface area contributed by atoms with Crippen LogP contribution < -0.4 is 0 Å². The molecule has 5 heteroatoms. The number of likely N-dealkylation sites (tertiary alicyclic amines) is 1. The molecule has 0 radical (unpaired) electrons. The normalized spacial score (nSPS) is 16.8. The van der Waals surface area contributed by atoms with Crippen LogP contribution in [0.5, 0.6) is 0 Å². The van der Waals surface area contributed by atoms with Gasteiger partial charge >= 0.3 is 0 Å². The molecule has 3 aromatic heterocycles. The van der Waals surface area contributed by atoms with Gasteiger partial charge in [0.05, 0.1) is 0 Å². The van der Waals surface area contributed by atoms with Crippen molar-refractivity contribution in [3.05, 3.63) is 84.6 Å². The number of piperidine rings is 1. The summed E-state index contributed by atoms with van der Waals surface area (Å²) in [5.74, 6) is 0.267. The van der Waals surface area contributed by atoms with Crippen LogP contribution in [-0.2, 0) is 0 Å². The van der Waals surface area contributed by atoms with E-state index in [1.165, 1.54) is 16.6 Å². The van der Waals surface area contributed by atoms with Crippen LogP contribution in [0.4, 0.5) is 0 Å². The van der Waals surface area contributed by atoms with Gasteiger partial charge < -0.3 is 9.88 Å². The molecule has 5 rings (SSSR count). The molecule has 0 saturated carbocycles. The van der Waals surface area contributed by atoms with Crippen LogP contribution in [0, 0.1) is 0 Å². The molecule has 4 aromatic rings. The van der Waals surface area contributed by atoms with Crippen molar-refractivity contribution in [2.24, 2.45) is 0 Å². The third-order valence-electron chi connectivity index (χ3n) is 5.70. The minimum absolute atomic E-state index is 0.0110. The van der Waals surface area contributed by atoms with Gasteiger partial charge in [-0.15, -0.1) is 0 Å². The summed E-state index contributed by atoms with van der Waals surface area (Å²) in [6.45, 7) is 1.47. The molecule has 5 nitrogen and oxygen atoms in total. The number of benzene rings is 1. The second-order valence-electron chi connectivity index (χ2n) is 7.50. The summed E-state index contributed by atoms with van der Waals surface area (Å²) in [4.78, 5) is 27.0. The first-order valence-corrected chi connectivity index (χ1v) is 10.0. The third-order valence-corrected chi connectivity index (χ3v) is 5.70. The number of hydrogen-bond donors (Lipinski definition) is 1. The molecule has 4 heterocycles. The smallest absolute Gasteiger partial charge is 0.272 e. The number of aromatic nitrogens is 3. The summed E-state index contributed by atoms with van der Waals surface area (Å²) < 4.78 is 0. The molecule has 29 heavy (non-hydrogen) atoms. The van der Waals surface area contributed by atoms with E-state index in [9.17, 15) is 4.79 Å². The van der Waals surface area contributed by atoms with Gasteiger partial charge in [0, 0.05) is 59.8 Å². The van der Waals surface area contributed by atoms with Crippen LogP contribution in [0.25, 0.3) is 22.0 Å². The Kier molecular flexibility index (Phi) is 4.56. The van der Waals surface area contributed by atoms with E-state index in [0.29, 0.717) is 12.2 Å². The number of pyridine rings is 2. The lowest BCUT2D eigenvalue weighted by molar-refractivity contribution is 0.0700. The summed E-state index contributed by atoms with van der Waals surface area (Å²) in [5, 5.41) is 1.21. The molecule has 1 N–H and O–H groups in total. The number of fused-ring (bicyclic) bond motifs is 1. The monoisotopic (exact) mass is 382 g/mol. The van der Waals surface area contributed by atoms with E-state index in [1.807, 2.05) is 29.4 Å². The van der Waals surface area contributed by atoms with Gasteiger partial charge in [0.2, 0.25) is 0 Å². The van der Waals surface area contributed by atoms with Crippen molar-refractivity contribution in [1.82, 2.24) is 19.9 Å². The largest absolute Gasteiger partial charge is 0.358 e. The molecule has 1 aromatic carbocycles. The number of rotatable bonds is 3. The summed E-state index contributed by atoms with van der Waals surface area (Å²) in [6.07, 6.45) is 7.37. The minimum Gasteiger partial charge on any atom is -0.358 e. The fraction of sp³-hybridized carbons (Fsp3) is 0.208. The number of H-pyrrole nitrogens is 1. The predicted molar refractivity (Wildman–Crippen MR) is 114 cm³/mol. The van der Waals surface area contributed by atoms with Crippen LogP contribution in [0.3, 0.4) is 0 Å². The summed E-state index contributed by atoms with van der Waals surface area (Å²) in [5.41, 5.74) is 5.22. The fourth-order valence-corrected chi connectivity index (χ4v) is 4.35. The van der Waals surface area contributed by atoms with Crippen molar-refractivity contribution in [3.8, 4) is 11.1 Å². The first-order chi connectivity index (χ1) is 14.3. The third kappa shape index (κ3) is 3.29. The molecule has 1 fully saturated rings. The molecule has 0 bridgehead atoms. The molecule has 1 atom stereocenters. The zero-order valence-electron chi connectivity index (χ0n) is 16.1. The zero-order valence-corrected chi connectivity index (χ0v) is 16.1. The average molecular weight is 382 g/mol. The van der Waals surface area contributed by atoms with Crippen molar-refractivity contribution < 1.29 is 4.79 Å².